The summed E-state index contributed by atoms with van der Waals surface area (Å²) in [5.74, 6) is -4.38. The van der Waals surface area contributed by atoms with Gasteiger partial charge in [-0.1, -0.05) is 24.3 Å². The zero-order valence-electron chi connectivity index (χ0n) is 12.1. The van der Waals surface area contributed by atoms with Gasteiger partial charge in [-0.25, -0.2) is 26.3 Å². The highest BCUT2D eigenvalue weighted by molar-refractivity contribution is 7.89. The van der Waals surface area contributed by atoms with Crippen molar-refractivity contribution in [1.29, 1.82) is 0 Å². The first-order chi connectivity index (χ1) is 10.7. The Bertz CT molecular complexity index is 825. The van der Waals surface area contributed by atoms with Crippen LogP contribution < -0.4 is 4.72 Å². The van der Waals surface area contributed by atoms with Gasteiger partial charge in [0.1, 0.15) is 10.7 Å². The molecule has 2 aromatic carbocycles. The molecule has 0 aliphatic carbocycles. The van der Waals surface area contributed by atoms with Gasteiger partial charge < -0.3 is 5.11 Å². The van der Waals surface area contributed by atoms with Gasteiger partial charge in [0, 0.05) is 12.6 Å². The molecule has 0 saturated heterocycles. The van der Waals surface area contributed by atoms with E-state index in [1.54, 1.807) is 31.2 Å². The summed E-state index contributed by atoms with van der Waals surface area (Å²) in [6, 6.07) is 7.20. The van der Waals surface area contributed by atoms with Crippen LogP contribution in [0.1, 0.15) is 17.2 Å². The molecule has 0 bridgehead atoms. The number of rotatable bonds is 5. The van der Waals surface area contributed by atoms with Crippen LogP contribution in [0.15, 0.2) is 41.3 Å². The molecule has 2 N–H and O–H groups in total. The van der Waals surface area contributed by atoms with Gasteiger partial charge in [-0.15, -0.1) is 0 Å². The maximum atomic E-state index is 13.5. The standard InChI is InChI=1S/C15H14F3NO3S/c1-9-4-2-3-5-10(9)14(20)8-19-23(21,22)15-7-12(17)11(16)6-13(15)18/h2-7,14,19-20H,8H2,1H3. The molecule has 0 aromatic heterocycles. The first-order valence-electron chi connectivity index (χ1n) is 6.60. The van der Waals surface area contributed by atoms with Gasteiger partial charge in [0.25, 0.3) is 0 Å². The summed E-state index contributed by atoms with van der Waals surface area (Å²) in [5.41, 5.74) is 1.25. The van der Waals surface area contributed by atoms with E-state index in [0.29, 0.717) is 5.56 Å². The summed E-state index contributed by atoms with van der Waals surface area (Å²) >= 11 is 0. The minimum Gasteiger partial charge on any atom is -0.387 e. The lowest BCUT2D eigenvalue weighted by Gasteiger charge is -2.15. The number of hydrogen-bond donors (Lipinski definition) is 2. The van der Waals surface area contributed by atoms with Gasteiger partial charge in [-0.05, 0) is 24.1 Å². The Hall–Kier alpha value is -1.90. The summed E-state index contributed by atoms with van der Waals surface area (Å²) in [7, 11) is -4.44. The normalized spacial score (nSPS) is 13.1. The van der Waals surface area contributed by atoms with E-state index >= 15 is 0 Å². The largest absolute Gasteiger partial charge is 0.387 e. The molecule has 0 aliphatic heterocycles. The minimum atomic E-state index is -4.44. The van der Waals surface area contributed by atoms with E-state index in [4.69, 9.17) is 0 Å². The second kappa shape index (κ2) is 6.69. The number of aliphatic hydroxyl groups excluding tert-OH is 1. The first kappa shape index (κ1) is 17.5. The average molecular weight is 345 g/mol. The molecular formula is C15H14F3NO3S. The molecule has 0 heterocycles. The van der Waals surface area contributed by atoms with E-state index in [1.165, 1.54) is 0 Å². The van der Waals surface area contributed by atoms with E-state index in [2.05, 4.69) is 0 Å². The molecule has 8 heteroatoms. The Kier molecular flexibility index (Phi) is 5.08. The van der Waals surface area contributed by atoms with E-state index in [-0.39, 0.29) is 12.1 Å². The van der Waals surface area contributed by atoms with Crippen molar-refractivity contribution < 1.29 is 26.7 Å². The van der Waals surface area contributed by atoms with E-state index in [1.807, 2.05) is 4.72 Å². The fourth-order valence-electron chi connectivity index (χ4n) is 2.05. The van der Waals surface area contributed by atoms with Gasteiger partial charge in [0.05, 0.1) is 6.10 Å². The summed E-state index contributed by atoms with van der Waals surface area (Å²) < 4.78 is 65.5. The zero-order valence-corrected chi connectivity index (χ0v) is 12.9. The Morgan fingerprint density at radius 3 is 2.35 bits per heavy atom. The highest BCUT2D eigenvalue weighted by atomic mass is 32.2. The van der Waals surface area contributed by atoms with Gasteiger partial charge in [-0.2, -0.15) is 0 Å². The molecule has 2 rings (SSSR count). The molecule has 0 saturated carbocycles. The second-order valence-corrected chi connectivity index (χ2v) is 6.66. The summed E-state index contributed by atoms with van der Waals surface area (Å²) in [5, 5.41) is 10.0. The summed E-state index contributed by atoms with van der Waals surface area (Å²) in [6.45, 7) is 1.30. The van der Waals surface area contributed by atoms with Gasteiger partial charge in [-0.3, -0.25) is 0 Å². The highest BCUT2D eigenvalue weighted by Gasteiger charge is 2.23. The van der Waals surface area contributed by atoms with Crippen LogP contribution in [0.5, 0.6) is 0 Å². The number of aliphatic hydroxyl groups is 1. The number of aryl methyl sites for hydroxylation is 1. The van der Waals surface area contributed by atoms with Crippen LogP contribution in [0, 0.1) is 24.4 Å². The molecule has 0 amide bonds. The lowest BCUT2D eigenvalue weighted by molar-refractivity contribution is 0.181. The van der Waals surface area contributed by atoms with Crippen molar-refractivity contribution in [1.82, 2.24) is 4.72 Å². The van der Waals surface area contributed by atoms with E-state index in [9.17, 15) is 26.7 Å². The molecule has 0 radical (unpaired) electrons. The van der Waals surface area contributed by atoms with Crippen molar-refractivity contribution >= 4 is 10.0 Å². The van der Waals surface area contributed by atoms with E-state index in [0.717, 1.165) is 5.56 Å². The molecule has 0 fully saturated rings. The van der Waals surface area contributed by atoms with Crippen LogP contribution in [0.3, 0.4) is 0 Å². The van der Waals surface area contributed by atoms with Crippen LogP contribution in [0.4, 0.5) is 13.2 Å². The lowest BCUT2D eigenvalue weighted by Crippen LogP contribution is -2.29. The van der Waals surface area contributed by atoms with Crippen LogP contribution >= 0.6 is 0 Å². The van der Waals surface area contributed by atoms with Crippen molar-refractivity contribution in [3.8, 4) is 0 Å². The number of sulfonamides is 1. The maximum Gasteiger partial charge on any atom is 0.243 e. The van der Waals surface area contributed by atoms with E-state index < -0.39 is 45.0 Å². The molecule has 0 aliphatic rings. The Labute approximate surface area is 131 Å². The van der Waals surface area contributed by atoms with Crippen molar-refractivity contribution in [2.45, 2.75) is 17.9 Å². The van der Waals surface area contributed by atoms with Gasteiger partial charge >= 0.3 is 0 Å². The molecule has 1 unspecified atom stereocenters. The number of nitrogens with one attached hydrogen (secondary N) is 1. The number of benzene rings is 2. The second-order valence-electron chi connectivity index (χ2n) is 4.92. The molecule has 2 aromatic rings. The molecule has 4 nitrogen and oxygen atoms in total. The average Bonchev–Trinajstić information content (AvgIpc) is 2.49. The van der Waals surface area contributed by atoms with Gasteiger partial charge in [0.2, 0.25) is 10.0 Å². The molecular weight excluding hydrogens is 331 g/mol. The minimum absolute atomic E-state index is 0.154. The topological polar surface area (TPSA) is 66.4 Å². The van der Waals surface area contributed by atoms with Crippen LogP contribution in [-0.2, 0) is 10.0 Å². The van der Waals surface area contributed by atoms with Crippen molar-refractivity contribution in [2.24, 2.45) is 0 Å². The predicted molar refractivity (Wildman–Crippen MR) is 77.6 cm³/mol. The van der Waals surface area contributed by atoms with Crippen molar-refractivity contribution in [2.75, 3.05) is 6.54 Å². The Morgan fingerprint density at radius 2 is 1.70 bits per heavy atom. The SMILES string of the molecule is Cc1ccccc1C(O)CNS(=O)(=O)c1cc(F)c(F)cc1F. The first-order valence-corrected chi connectivity index (χ1v) is 8.08. The maximum absolute atomic E-state index is 13.5. The number of hydrogen-bond acceptors (Lipinski definition) is 3. The molecule has 1 atom stereocenters. The summed E-state index contributed by atoms with van der Waals surface area (Å²) in [4.78, 5) is -1.02. The Balaban J connectivity index is 2.20. The van der Waals surface area contributed by atoms with Crippen LogP contribution in [0.25, 0.3) is 0 Å². The van der Waals surface area contributed by atoms with Gasteiger partial charge in [0.15, 0.2) is 11.6 Å². The third kappa shape index (κ3) is 3.90. The highest BCUT2D eigenvalue weighted by Crippen LogP contribution is 2.20. The summed E-state index contributed by atoms with van der Waals surface area (Å²) in [6.07, 6.45) is -1.17. The molecule has 23 heavy (non-hydrogen) atoms. The predicted octanol–water partition coefficient (Wildman–Crippen LogP) is 2.42. The van der Waals surface area contributed by atoms with Crippen LogP contribution in [0.2, 0.25) is 0 Å². The quantitative estimate of drug-likeness (QED) is 0.818. The zero-order chi connectivity index (χ0) is 17.2. The third-order valence-electron chi connectivity index (χ3n) is 3.28. The smallest absolute Gasteiger partial charge is 0.243 e. The van der Waals surface area contributed by atoms with Crippen molar-refractivity contribution in [3.63, 3.8) is 0 Å². The number of halogens is 3. The lowest BCUT2D eigenvalue weighted by atomic mass is 10.0. The third-order valence-corrected chi connectivity index (χ3v) is 4.72. The van der Waals surface area contributed by atoms with Crippen LogP contribution in [-0.4, -0.2) is 20.1 Å². The fraction of sp³-hybridized carbons (Fsp3) is 0.200. The van der Waals surface area contributed by atoms with Crippen molar-refractivity contribution in [3.05, 3.63) is 65.0 Å². The fourth-order valence-corrected chi connectivity index (χ4v) is 3.15. The Morgan fingerprint density at radius 1 is 1.09 bits per heavy atom. The molecule has 0 spiro atoms. The molecule has 124 valence electrons. The monoisotopic (exact) mass is 345 g/mol.